The molecule has 12 heteroatoms. The first-order chi connectivity index (χ1) is 19.8. The summed E-state index contributed by atoms with van der Waals surface area (Å²) in [5.74, 6) is 0.189. The number of anilines is 2. The maximum atomic E-state index is 13.2. The van der Waals surface area contributed by atoms with E-state index in [-0.39, 0.29) is 16.5 Å². The lowest BCUT2D eigenvalue weighted by Gasteiger charge is -2.24. The monoisotopic (exact) mass is 573 g/mol. The number of carbonyl (C=O) groups excluding carboxylic acids is 2. The van der Waals surface area contributed by atoms with Crippen LogP contribution in [0, 0.1) is 0 Å². The molecule has 3 aromatic carbocycles. The summed E-state index contributed by atoms with van der Waals surface area (Å²) in [6.07, 6.45) is 7.20. The van der Waals surface area contributed by atoms with Gasteiger partial charge in [0.25, 0.3) is 11.9 Å². The van der Waals surface area contributed by atoms with Crippen LogP contribution < -0.4 is 16.0 Å². The Hall–Kier alpha value is -4.58. The highest BCUT2D eigenvalue weighted by molar-refractivity contribution is 7.90. The highest BCUT2D eigenvalue weighted by atomic mass is 32.2. The molecule has 1 fully saturated rings. The van der Waals surface area contributed by atoms with E-state index in [0.29, 0.717) is 11.5 Å². The molecule has 1 atom stereocenters. The van der Waals surface area contributed by atoms with Gasteiger partial charge in [0, 0.05) is 11.8 Å². The molecule has 11 nitrogen and oxygen atoms in total. The smallest absolute Gasteiger partial charge is 0.320 e. The molecule has 0 radical (unpaired) electrons. The third kappa shape index (κ3) is 6.95. The number of benzene rings is 3. The van der Waals surface area contributed by atoms with Crippen LogP contribution in [0.3, 0.4) is 0 Å². The van der Waals surface area contributed by atoms with E-state index in [2.05, 4.69) is 48.7 Å². The van der Waals surface area contributed by atoms with Crippen molar-refractivity contribution in [1.82, 2.24) is 25.9 Å². The van der Waals surface area contributed by atoms with Crippen LogP contribution in [0.15, 0.2) is 77.7 Å². The number of H-pyrrole nitrogens is 1. The highest BCUT2D eigenvalue weighted by Gasteiger charge is 2.22. The molecule has 4 aromatic rings. The van der Waals surface area contributed by atoms with E-state index in [4.69, 9.17) is 0 Å². The number of aromatic nitrogens is 4. The number of amides is 3. The lowest BCUT2D eigenvalue weighted by Crippen LogP contribution is -2.33. The summed E-state index contributed by atoms with van der Waals surface area (Å²) in [6, 6.07) is 20.2. The fraction of sp³-hybridized carbons (Fsp3) is 0.276. The van der Waals surface area contributed by atoms with E-state index in [0.717, 1.165) is 17.4 Å². The number of hydrogen-bond acceptors (Lipinski definition) is 7. The average molecular weight is 574 g/mol. The summed E-state index contributed by atoms with van der Waals surface area (Å²) in [5, 5.41) is 21.4. The van der Waals surface area contributed by atoms with Gasteiger partial charge in [-0.3, -0.25) is 10.1 Å². The van der Waals surface area contributed by atoms with E-state index >= 15 is 0 Å². The molecule has 3 amide bonds. The fourth-order valence-electron chi connectivity index (χ4n) is 5.15. The zero-order chi connectivity index (χ0) is 28.8. The molecule has 0 aliphatic heterocycles. The van der Waals surface area contributed by atoms with Crippen molar-refractivity contribution in [2.45, 2.75) is 49.0 Å². The summed E-state index contributed by atoms with van der Waals surface area (Å²) in [7, 11) is -3.55. The minimum Gasteiger partial charge on any atom is -0.327 e. The second-order valence-corrected chi connectivity index (χ2v) is 12.1. The maximum Gasteiger partial charge on any atom is 0.320 e. The number of nitrogens with one attached hydrogen (secondary N) is 4. The number of rotatable bonds is 8. The molecular formula is C29H31N7O4S. The molecule has 1 aliphatic rings. The molecule has 1 aromatic heterocycles. The van der Waals surface area contributed by atoms with Crippen molar-refractivity contribution >= 4 is 33.4 Å². The van der Waals surface area contributed by atoms with Crippen LogP contribution in [0.1, 0.15) is 71.1 Å². The second kappa shape index (κ2) is 12.3. The van der Waals surface area contributed by atoms with Crippen LogP contribution in [0.2, 0.25) is 0 Å². The zero-order valence-electron chi connectivity index (χ0n) is 22.5. The summed E-state index contributed by atoms with van der Waals surface area (Å²) >= 11 is 0. The lowest BCUT2D eigenvalue weighted by atomic mass is 9.83. The topological polar surface area (TPSA) is 159 Å². The molecule has 0 spiro atoms. The van der Waals surface area contributed by atoms with E-state index in [1.807, 2.05) is 12.1 Å². The van der Waals surface area contributed by atoms with Gasteiger partial charge in [0.2, 0.25) is 0 Å². The molecule has 5 rings (SSSR count). The van der Waals surface area contributed by atoms with Crippen LogP contribution in [0.25, 0.3) is 0 Å². The molecule has 41 heavy (non-hydrogen) atoms. The Morgan fingerprint density at radius 1 is 0.878 bits per heavy atom. The Bertz CT molecular complexity index is 1600. The largest absolute Gasteiger partial charge is 0.327 e. The summed E-state index contributed by atoms with van der Waals surface area (Å²) in [6.45, 7) is 0. The normalized spacial score (nSPS) is 14.7. The first-order valence-corrected chi connectivity index (χ1v) is 15.3. The van der Waals surface area contributed by atoms with Crippen molar-refractivity contribution in [1.29, 1.82) is 0 Å². The number of sulfone groups is 1. The fourth-order valence-corrected chi connectivity index (χ4v) is 6.00. The van der Waals surface area contributed by atoms with Crippen molar-refractivity contribution in [3.63, 3.8) is 0 Å². The highest BCUT2D eigenvalue weighted by Crippen LogP contribution is 2.34. The number of urea groups is 1. The van der Waals surface area contributed by atoms with Crippen molar-refractivity contribution in [3.8, 4) is 0 Å². The molecular weight excluding hydrogens is 542 g/mol. The number of nitrogens with zero attached hydrogens (tertiary/aromatic N) is 3. The van der Waals surface area contributed by atoms with Crippen LogP contribution in [-0.4, -0.2) is 47.2 Å². The minimum absolute atomic E-state index is 0.0282. The molecule has 1 unspecified atom stereocenters. The molecule has 0 bridgehead atoms. The molecule has 212 valence electrons. The Kier molecular flexibility index (Phi) is 8.39. The Labute approximate surface area is 238 Å². The number of carbonyl (C=O) groups is 2. The first kappa shape index (κ1) is 28.0. The number of tetrazole rings is 1. The van der Waals surface area contributed by atoms with Gasteiger partial charge in [-0.15, -0.1) is 5.10 Å². The Morgan fingerprint density at radius 3 is 2.17 bits per heavy atom. The number of hydrogen-bond donors (Lipinski definition) is 4. The van der Waals surface area contributed by atoms with Gasteiger partial charge in [-0.25, -0.2) is 13.2 Å². The van der Waals surface area contributed by atoms with Crippen LogP contribution >= 0.6 is 0 Å². The zero-order valence-corrected chi connectivity index (χ0v) is 23.3. The minimum atomic E-state index is -3.55. The van der Waals surface area contributed by atoms with Crippen molar-refractivity contribution in [3.05, 3.63) is 95.1 Å². The molecule has 1 aliphatic carbocycles. The van der Waals surface area contributed by atoms with Crippen LogP contribution in [0.4, 0.5) is 16.4 Å². The third-order valence-corrected chi connectivity index (χ3v) is 8.39. The summed E-state index contributed by atoms with van der Waals surface area (Å²) in [4.78, 5) is 25.8. The predicted molar refractivity (Wildman–Crippen MR) is 154 cm³/mol. The van der Waals surface area contributed by atoms with Crippen LogP contribution in [0.5, 0.6) is 0 Å². The molecule has 1 saturated carbocycles. The van der Waals surface area contributed by atoms with E-state index in [1.54, 1.807) is 42.5 Å². The van der Waals surface area contributed by atoms with Gasteiger partial charge in [-0.05, 0) is 64.9 Å². The van der Waals surface area contributed by atoms with Crippen molar-refractivity contribution in [2.75, 3.05) is 16.9 Å². The van der Waals surface area contributed by atoms with Crippen LogP contribution in [-0.2, 0) is 9.84 Å². The van der Waals surface area contributed by atoms with Gasteiger partial charge in [-0.2, -0.15) is 5.21 Å². The van der Waals surface area contributed by atoms with E-state index in [1.165, 1.54) is 43.7 Å². The second-order valence-electron chi connectivity index (χ2n) is 10.1. The van der Waals surface area contributed by atoms with Gasteiger partial charge < -0.3 is 10.6 Å². The summed E-state index contributed by atoms with van der Waals surface area (Å²) in [5.41, 5.74) is 3.43. The third-order valence-electron chi connectivity index (χ3n) is 7.23. The number of aromatic amines is 1. The van der Waals surface area contributed by atoms with Crippen molar-refractivity contribution < 1.29 is 18.0 Å². The predicted octanol–water partition coefficient (Wildman–Crippen LogP) is 4.81. The standard InChI is InChI=1S/C29H31N7O4S/c1-41(39,40)25-10-6-5-9-24(25)30-29(38)31-26(21-13-11-20(12-14-21)19-7-3-2-4-8-19)22-15-17-23(18-16-22)27(37)32-28-33-35-36-34-28/h5-6,9-19,26H,2-4,7-8H2,1H3,(H2,30,31,38)(H2,32,33,34,35,36,37). The average Bonchev–Trinajstić information content (AvgIpc) is 3.49. The van der Waals surface area contributed by atoms with Gasteiger partial charge in [0.05, 0.1) is 16.6 Å². The van der Waals surface area contributed by atoms with Gasteiger partial charge >= 0.3 is 6.03 Å². The van der Waals surface area contributed by atoms with Gasteiger partial charge in [-0.1, -0.05) is 72.9 Å². The Morgan fingerprint density at radius 2 is 1.54 bits per heavy atom. The maximum absolute atomic E-state index is 13.2. The number of para-hydroxylation sites is 1. The van der Waals surface area contributed by atoms with E-state index < -0.39 is 27.8 Å². The summed E-state index contributed by atoms with van der Waals surface area (Å²) < 4.78 is 24.5. The molecule has 1 heterocycles. The first-order valence-electron chi connectivity index (χ1n) is 13.4. The lowest BCUT2D eigenvalue weighted by molar-refractivity contribution is 0.102. The SMILES string of the molecule is CS(=O)(=O)c1ccccc1NC(=O)NC(c1ccc(C(=O)Nc2nn[nH]n2)cc1)c1ccc(C2CCCCC2)cc1. The van der Waals surface area contributed by atoms with E-state index in [9.17, 15) is 18.0 Å². The van der Waals surface area contributed by atoms with Gasteiger partial charge in [0.15, 0.2) is 9.84 Å². The van der Waals surface area contributed by atoms with Crippen molar-refractivity contribution in [2.24, 2.45) is 0 Å². The molecule has 4 N–H and O–H groups in total. The molecule has 0 saturated heterocycles. The Balaban J connectivity index is 1.40. The quantitative estimate of drug-likeness (QED) is 0.235. The van der Waals surface area contributed by atoms with Gasteiger partial charge in [0.1, 0.15) is 0 Å².